The number of halogens is 7. The number of hydrogen-bond acceptors (Lipinski definition) is 3. The number of hydrogen-bond donors (Lipinski definition) is 1. The lowest BCUT2D eigenvalue weighted by molar-refractivity contribution is -0.143. The Morgan fingerprint density at radius 3 is 2.25 bits per heavy atom. The average molecular weight is 474 g/mol. The van der Waals surface area contributed by atoms with Gasteiger partial charge in [-0.3, -0.25) is 0 Å². The highest BCUT2D eigenvalue weighted by Gasteiger charge is 2.37. The summed E-state index contributed by atoms with van der Waals surface area (Å²) in [6.07, 6.45) is -6.51. The highest BCUT2D eigenvalue weighted by Crippen LogP contribution is 2.37. The molecule has 1 N–H and O–H groups in total. The number of alkyl halides is 6. The molecule has 0 aliphatic heterocycles. The van der Waals surface area contributed by atoms with Crippen molar-refractivity contribution >= 4 is 34.7 Å². The molecule has 0 saturated heterocycles. The normalized spacial score (nSPS) is 12.8. The number of pyridine rings is 1. The molecule has 0 spiro atoms. The van der Waals surface area contributed by atoms with E-state index in [0.717, 1.165) is 6.08 Å². The average Bonchev–Trinajstić information content (AvgIpc) is 3.02. The van der Waals surface area contributed by atoms with E-state index in [2.05, 4.69) is 4.98 Å². The van der Waals surface area contributed by atoms with Gasteiger partial charge in [0.2, 0.25) is 0 Å². The van der Waals surface area contributed by atoms with Crippen LogP contribution in [-0.4, -0.2) is 20.6 Å². The molecule has 0 radical (unpaired) electrons. The quantitative estimate of drug-likeness (QED) is 0.296. The van der Waals surface area contributed by atoms with Gasteiger partial charge in [0.1, 0.15) is 17.3 Å². The molecule has 0 fully saturated rings. The number of carboxylic acid groups (broad SMARTS) is 1. The van der Waals surface area contributed by atoms with E-state index in [9.17, 15) is 31.1 Å². The molecule has 32 heavy (non-hydrogen) atoms. The molecule has 0 aliphatic carbocycles. The molecular formula is C20H10ClF6N3O2. The van der Waals surface area contributed by atoms with E-state index in [0.29, 0.717) is 12.1 Å². The van der Waals surface area contributed by atoms with Crippen LogP contribution in [0, 0.1) is 11.3 Å². The monoisotopic (exact) mass is 473 g/mol. The van der Waals surface area contributed by atoms with Gasteiger partial charge in [-0.15, -0.1) is 0 Å². The van der Waals surface area contributed by atoms with Gasteiger partial charge in [-0.2, -0.15) is 31.6 Å². The van der Waals surface area contributed by atoms with E-state index in [4.69, 9.17) is 22.0 Å². The minimum absolute atomic E-state index is 0.0204. The number of nitrogens with zero attached hydrogens (tertiary/aromatic N) is 3. The first-order valence-corrected chi connectivity index (χ1v) is 8.96. The number of aliphatic carboxylic acids is 1. The van der Waals surface area contributed by atoms with Crippen LogP contribution in [-0.2, 0) is 23.7 Å². The second kappa shape index (κ2) is 8.20. The Kier molecular flexibility index (Phi) is 5.93. The van der Waals surface area contributed by atoms with Crippen molar-refractivity contribution in [2.75, 3.05) is 0 Å². The molecule has 12 heteroatoms. The van der Waals surface area contributed by atoms with Crippen molar-refractivity contribution in [1.82, 2.24) is 9.55 Å². The van der Waals surface area contributed by atoms with Crippen LogP contribution in [0.5, 0.6) is 0 Å². The van der Waals surface area contributed by atoms with E-state index < -0.39 is 41.6 Å². The first-order valence-electron chi connectivity index (χ1n) is 8.58. The molecule has 0 amide bonds. The maximum absolute atomic E-state index is 13.1. The lowest BCUT2D eigenvalue weighted by atomic mass is 10.0. The molecular weight excluding hydrogens is 464 g/mol. The molecule has 166 valence electrons. The number of rotatable bonds is 4. The number of aromatic nitrogens is 2. The fourth-order valence-corrected chi connectivity index (χ4v) is 3.29. The van der Waals surface area contributed by atoms with Crippen molar-refractivity contribution in [1.29, 1.82) is 5.26 Å². The van der Waals surface area contributed by atoms with Crippen molar-refractivity contribution in [3.05, 3.63) is 69.5 Å². The number of carbonyl (C=O) groups is 1. The minimum Gasteiger partial charge on any atom is -0.477 e. The molecule has 0 atom stereocenters. The first kappa shape index (κ1) is 23.1. The first-order chi connectivity index (χ1) is 14.8. The van der Waals surface area contributed by atoms with Crippen molar-refractivity contribution in [2.45, 2.75) is 18.9 Å². The van der Waals surface area contributed by atoms with Crippen LogP contribution in [0.2, 0.25) is 5.02 Å². The number of benzene rings is 1. The lowest BCUT2D eigenvalue weighted by Crippen LogP contribution is -2.12. The van der Waals surface area contributed by atoms with Gasteiger partial charge in [-0.25, -0.2) is 9.78 Å². The third-order valence-electron chi connectivity index (χ3n) is 4.39. The van der Waals surface area contributed by atoms with E-state index in [1.807, 2.05) is 0 Å². The zero-order valence-corrected chi connectivity index (χ0v) is 16.3. The molecule has 5 nitrogen and oxygen atoms in total. The summed E-state index contributed by atoms with van der Waals surface area (Å²) in [6.45, 7) is -0.459. The van der Waals surface area contributed by atoms with Crippen LogP contribution in [0.4, 0.5) is 26.3 Å². The van der Waals surface area contributed by atoms with E-state index in [1.165, 1.54) is 29.1 Å². The zero-order valence-electron chi connectivity index (χ0n) is 15.6. The van der Waals surface area contributed by atoms with Crippen LogP contribution < -0.4 is 0 Å². The standard InChI is InChI=1S/C20H10ClF6N3O2/c21-15-1-2-29-17-16(15)12(5-11(7-28)18(31)32)9-30(17)8-10-3-13(19(22,23)24)6-14(4-10)20(25,26)27/h1-6,9H,8H2,(H,31,32). The maximum atomic E-state index is 13.1. The van der Waals surface area contributed by atoms with E-state index >= 15 is 0 Å². The van der Waals surface area contributed by atoms with Gasteiger partial charge in [-0.1, -0.05) is 11.6 Å². The van der Waals surface area contributed by atoms with Crippen molar-refractivity contribution in [2.24, 2.45) is 0 Å². The molecule has 0 aliphatic rings. The summed E-state index contributed by atoms with van der Waals surface area (Å²) in [5, 5.41) is 18.3. The maximum Gasteiger partial charge on any atom is 0.416 e. The van der Waals surface area contributed by atoms with Gasteiger partial charge < -0.3 is 9.67 Å². The Morgan fingerprint density at radius 2 is 1.75 bits per heavy atom. The second-order valence-corrected chi connectivity index (χ2v) is 7.00. The SMILES string of the molecule is N#CC(=Cc1cn(Cc2cc(C(F)(F)F)cc(C(F)(F)F)c2)c2nccc(Cl)c12)C(=O)O. The molecule has 0 bridgehead atoms. The Balaban J connectivity index is 2.20. The summed E-state index contributed by atoms with van der Waals surface area (Å²) < 4.78 is 80.1. The van der Waals surface area contributed by atoms with Gasteiger partial charge in [0.25, 0.3) is 0 Å². The minimum atomic E-state index is -5.01. The predicted octanol–water partition coefficient (Wildman–Crippen LogP) is 5.77. The van der Waals surface area contributed by atoms with Gasteiger partial charge >= 0.3 is 18.3 Å². The highest BCUT2D eigenvalue weighted by molar-refractivity contribution is 6.35. The Labute approximate surface area is 180 Å². The fraction of sp³-hybridized carbons (Fsp3) is 0.150. The van der Waals surface area contributed by atoms with Gasteiger partial charge in [0, 0.05) is 29.9 Å². The largest absolute Gasteiger partial charge is 0.477 e. The fourth-order valence-electron chi connectivity index (χ4n) is 3.04. The summed E-state index contributed by atoms with van der Waals surface area (Å²) in [4.78, 5) is 15.2. The van der Waals surface area contributed by atoms with E-state index in [-0.39, 0.29) is 33.2 Å². The number of carboxylic acids is 1. The Morgan fingerprint density at radius 1 is 1.16 bits per heavy atom. The number of nitriles is 1. The summed E-state index contributed by atoms with van der Waals surface area (Å²) in [5.74, 6) is -1.53. The van der Waals surface area contributed by atoms with Crippen molar-refractivity contribution in [3.8, 4) is 6.07 Å². The summed E-state index contributed by atoms with van der Waals surface area (Å²) in [7, 11) is 0. The Hall–Kier alpha value is -3.52. The topological polar surface area (TPSA) is 78.9 Å². The van der Waals surface area contributed by atoms with E-state index in [1.54, 1.807) is 0 Å². The number of fused-ring (bicyclic) bond motifs is 1. The van der Waals surface area contributed by atoms with Crippen molar-refractivity contribution in [3.63, 3.8) is 0 Å². The molecule has 2 aromatic heterocycles. The van der Waals surface area contributed by atoms with Crippen LogP contribution >= 0.6 is 11.6 Å². The lowest BCUT2D eigenvalue weighted by Gasteiger charge is -2.15. The molecule has 0 saturated carbocycles. The molecule has 1 aromatic carbocycles. The molecule has 2 heterocycles. The zero-order chi connectivity index (χ0) is 23.8. The third-order valence-corrected chi connectivity index (χ3v) is 4.70. The highest BCUT2D eigenvalue weighted by atomic mass is 35.5. The molecule has 0 unspecified atom stereocenters. The van der Waals surface area contributed by atoms with Crippen LogP contribution in [0.25, 0.3) is 17.1 Å². The van der Waals surface area contributed by atoms with Gasteiger partial charge in [-0.05, 0) is 35.9 Å². The van der Waals surface area contributed by atoms with Gasteiger partial charge in [0.15, 0.2) is 0 Å². The van der Waals surface area contributed by atoms with Crippen molar-refractivity contribution < 1.29 is 36.2 Å². The van der Waals surface area contributed by atoms with Crippen LogP contribution in [0.15, 0.2) is 42.2 Å². The molecule has 3 rings (SSSR count). The van der Waals surface area contributed by atoms with Gasteiger partial charge in [0.05, 0.1) is 16.1 Å². The summed E-state index contributed by atoms with van der Waals surface area (Å²) >= 11 is 6.14. The summed E-state index contributed by atoms with van der Waals surface area (Å²) in [5.41, 5.74) is -3.72. The molecule has 3 aromatic rings. The summed E-state index contributed by atoms with van der Waals surface area (Å²) in [6, 6.07) is 4.03. The predicted molar refractivity (Wildman–Crippen MR) is 102 cm³/mol. The third kappa shape index (κ3) is 4.70. The smallest absolute Gasteiger partial charge is 0.416 e. The van der Waals surface area contributed by atoms with Crippen LogP contribution in [0.3, 0.4) is 0 Å². The van der Waals surface area contributed by atoms with Crippen LogP contribution in [0.1, 0.15) is 22.3 Å². The second-order valence-electron chi connectivity index (χ2n) is 6.59. The Bertz CT molecular complexity index is 1250.